The molecule has 15 heavy (non-hydrogen) atoms. The van der Waals surface area contributed by atoms with E-state index in [0.717, 1.165) is 18.2 Å². The van der Waals surface area contributed by atoms with E-state index in [1.807, 2.05) is 0 Å². The summed E-state index contributed by atoms with van der Waals surface area (Å²) in [5, 5.41) is 4.15. The Morgan fingerprint density at radius 1 is 1.53 bits per heavy atom. The molecule has 0 spiro atoms. The van der Waals surface area contributed by atoms with Crippen molar-refractivity contribution in [1.82, 2.24) is 10.2 Å². The Kier molecular flexibility index (Phi) is 5.95. The van der Waals surface area contributed by atoms with Crippen LogP contribution in [-0.2, 0) is 4.74 Å². The molecular formula is C11H22N2OS. The minimum Gasteiger partial charge on any atom is -0.383 e. The van der Waals surface area contributed by atoms with Gasteiger partial charge in [-0.2, -0.15) is 0 Å². The number of rotatable bonds is 7. The zero-order valence-electron chi connectivity index (χ0n) is 9.79. The van der Waals surface area contributed by atoms with Crippen LogP contribution in [0.15, 0.2) is 0 Å². The van der Waals surface area contributed by atoms with Crippen LogP contribution in [0, 0.1) is 0 Å². The lowest BCUT2D eigenvalue weighted by Crippen LogP contribution is -2.42. The first-order valence-electron chi connectivity index (χ1n) is 5.83. The van der Waals surface area contributed by atoms with Gasteiger partial charge in [0.2, 0.25) is 0 Å². The second kappa shape index (κ2) is 7.01. The van der Waals surface area contributed by atoms with E-state index in [9.17, 15) is 0 Å². The Bertz CT molecular complexity index is 195. The fraction of sp³-hybridized carbons (Fsp3) is 0.909. The standard InChI is InChI=1S/C11H22N2OS/c1-3-4-8-13(10-5-6-10)11(15)12-7-9-14-2/h10H,3-9H2,1-2H3,(H,12,15). The van der Waals surface area contributed by atoms with Crippen molar-refractivity contribution in [1.29, 1.82) is 0 Å². The summed E-state index contributed by atoms with van der Waals surface area (Å²) in [6, 6.07) is 0.707. The fourth-order valence-corrected chi connectivity index (χ4v) is 1.87. The number of nitrogens with zero attached hydrogens (tertiary/aromatic N) is 1. The summed E-state index contributed by atoms with van der Waals surface area (Å²) in [6.07, 6.45) is 5.05. The van der Waals surface area contributed by atoms with Crippen molar-refractivity contribution in [2.45, 2.75) is 38.6 Å². The number of thiocarbonyl (C=S) groups is 1. The van der Waals surface area contributed by atoms with Gasteiger partial charge in [-0.1, -0.05) is 13.3 Å². The van der Waals surface area contributed by atoms with Crippen molar-refractivity contribution < 1.29 is 4.74 Å². The molecule has 1 rings (SSSR count). The molecule has 1 aliphatic rings. The highest BCUT2D eigenvalue weighted by Crippen LogP contribution is 2.27. The minimum absolute atomic E-state index is 0.707. The molecule has 1 N–H and O–H groups in total. The summed E-state index contributed by atoms with van der Waals surface area (Å²) in [7, 11) is 1.71. The van der Waals surface area contributed by atoms with E-state index in [1.54, 1.807) is 7.11 Å². The number of hydrogen-bond donors (Lipinski definition) is 1. The molecule has 0 atom stereocenters. The van der Waals surface area contributed by atoms with Crippen LogP contribution in [0.3, 0.4) is 0 Å². The van der Waals surface area contributed by atoms with E-state index in [-0.39, 0.29) is 0 Å². The average Bonchev–Trinajstić information content (AvgIpc) is 3.03. The Hall–Kier alpha value is -0.350. The number of methoxy groups -OCH3 is 1. The predicted molar refractivity (Wildman–Crippen MR) is 67.1 cm³/mol. The number of hydrogen-bond acceptors (Lipinski definition) is 2. The molecule has 1 fully saturated rings. The highest BCUT2D eigenvalue weighted by Gasteiger charge is 2.29. The summed E-state index contributed by atoms with van der Waals surface area (Å²) < 4.78 is 4.99. The number of unbranched alkanes of at least 4 members (excludes halogenated alkanes) is 1. The van der Waals surface area contributed by atoms with Crippen LogP contribution in [0.5, 0.6) is 0 Å². The molecule has 3 nitrogen and oxygen atoms in total. The molecule has 0 heterocycles. The monoisotopic (exact) mass is 230 g/mol. The Balaban J connectivity index is 2.24. The average molecular weight is 230 g/mol. The molecule has 0 aromatic rings. The molecule has 0 radical (unpaired) electrons. The summed E-state index contributed by atoms with van der Waals surface area (Å²) in [5.41, 5.74) is 0. The van der Waals surface area contributed by atoms with E-state index in [4.69, 9.17) is 17.0 Å². The van der Waals surface area contributed by atoms with Gasteiger partial charge in [0, 0.05) is 26.2 Å². The Morgan fingerprint density at radius 2 is 2.27 bits per heavy atom. The third-order valence-corrected chi connectivity index (χ3v) is 2.96. The molecule has 0 aliphatic heterocycles. The molecule has 0 saturated heterocycles. The molecule has 1 aliphatic carbocycles. The highest BCUT2D eigenvalue weighted by atomic mass is 32.1. The first-order chi connectivity index (χ1) is 7.29. The third-order valence-electron chi connectivity index (χ3n) is 2.58. The zero-order valence-corrected chi connectivity index (χ0v) is 10.6. The van der Waals surface area contributed by atoms with Gasteiger partial charge in [-0.25, -0.2) is 0 Å². The molecule has 1 saturated carbocycles. The van der Waals surface area contributed by atoms with Crippen molar-refractivity contribution in [2.75, 3.05) is 26.8 Å². The van der Waals surface area contributed by atoms with Gasteiger partial charge in [0.25, 0.3) is 0 Å². The lowest BCUT2D eigenvalue weighted by atomic mass is 10.3. The van der Waals surface area contributed by atoms with Gasteiger partial charge in [0.15, 0.2) is 5.11 Å². The van der Waals surface area contributed by atoms with E-state index < -0.39 is 0 Å². The smallest absolute Gasteiger partial charge is 0.169 e. The van der Waals surface area contributed by atoms with Crippen LogP contribution >= 0.6 is 12.2 Å². The molecule has 0 amide bonds. The maximum atomic E-state index is 5.38. The number of ether oxygens (including phenoxy) is 1. The summed E-state index contributed by atoms with van der Waals surface area (Å²) >= 11 is 5.38. The second-order valence-electron chi connectivity index (χ2n) is 4.00. The molecule has 4 heteroatoms. The fourth-order valence-electron chi connectivity index (χ4n) is 1.53. The van der Waals surface area contributed by atoms with Gasteiger partial charge in [0.1, 0.15) is 0 Å². The van der Waals surface area contributed by atoms with Gasteiger partial charge < -0.3 is 15.0 Å². The third kappa shape index (κ3) is 4.80. The molecule has 0 bridgehead atoms. The van der Waals surface area contributed by atoms with Gasteiger partial charge in [-0.05, 0) is 31.5 Å². The molecular weight excluding hydrogens is 208 g/mol. The quantitative estimate of drug-likeness (QED) is 0.532. The first kappa shape index (κ1) is 12.7. The van der Waals surface area contributed by atoms with E-state index in [0.29, 0.717) is 12.6 Å². The molecule has 0 aromatic heterocycles. The molecule has 0 aromatic carbocycles. The van der Waals surface area contributed by atoms with Crippen molar-refractivity contribution in [3.8, 4) is 0 Å². The van der Waals surface area contributed by atoms with Gasteiger partial charge in [-0.3, -0.25) is 0 Å². The van der Waals surface area contributed by atoms with Crippen LogP contribution in [0.2, 0.25) is 0 Å². The maximum Gasteiger partial charge on any atom is 0.169 e. The maximum absolute atomic E-state index is 5.38. The Morgan fingerprint density at radius 3 is 2.80 bits per heavy atom. The first-order valence-corrected chi connectivity index (χ1v) is 6.23. The second-order valence-corrected chi connectivity index (χ2v) is 4.39. The number of nitrogens with one attached hydrogen (secondary N) is 1. The van der Waals surface area contributed by atoms with E-state index in [1.165, 1.54) is 25.7 Å². The van der Waals surface area contributed by atoms with Crippen molar-refractivity contribution in [3.63, 3.8) is 0 Å². The Labute approximate surface area is 98.2 Å². The summed E-state index contributed by atoms with van der Waals surface area (Å²) in [6.45, 7) is 4.84. The molecule has 0 unspecified atom stereocenters. The van der Waals surface area contributed by atoms with Gasteiger partial charge in [-0.15, -0.1) is 0 Å². The SMILES string of the molecule is CCCCN(C(=S)NCCOC)C1CC1. The van der Waals surface area contributed by atoms with Gasteiger partial charge >= 0.3 is 0 Å². The largest absolute Gasteiger partial charge is 0.383 e. The van der Waals surface area contributed by atoms with Crippen LogP contribution in [0.1, 0.15) is 32.6 Å². The van der Waals surface area contributed by atoms with E-state index >= 15 is 0 Å². The van der Waals surface area contributed by atoms with Crippen molar-refractivity contribution >= 4 is 17.3 Å². The zero-order chi connectivity index (χ0) is 11.1. The normalized spacial score (nSPS) is 15.1. The lowest BCUT2D eigenvalue weighted by molar-refractivity contribution is 0.202. The summed E-state index contributed by atoms with van der Waals surface area (Å²) in [5.74, 6) is 0. The highest BCUT2D eigenvalue weighted by molar-refractivity contribution is 7.80. The van der Waals surface area contributed by atoms with E-state index in [2.05, 4.69) is 17.1 Å². The topological polar surface area (TPSA) is 24.5 Å². The van der Waals surface area contributed by atoms with Gasteiger partial charge in [0.05, 0.1) is 6.61 Å². The minimum atomic E-state index is 0.707. The van der Waals surface area contributed by atoms with Crippen LogP contribution in [0.25, 0.3) is 0 Å². The van der Waals surface area contributed by atoms with Crippen LogP contribution in [0.4, 0.5) is 0 Å². The van der Waals surface area contributed by atoms with Crippen molar-refractivity contribution in [3.05, 3.63) is 0 Å². The predicted octanol–water partition coefficient (Wildman–Crippen LogP) is 1.77. The summed E-state index contributed by atoms with van der Waals surface area (Å²) in [4.78, 5) is 2.34. The van der Waals surface area contributed by atoms with Crippen LogP contribution in [-0.4, -0.2) is 42.9 Å². The van der Waals surface area contributed by atoms with Crippen molar-refractivity contribution in [2.24, 2.45) is 0 Å². The lowest BCUT2D eigenvalue weighted by Gasteiger charge is -2.25. The van der Waals surface area contributed by atoms with Crippen LogP contribution < -0.4 is 5.32 Å². The molecule has 88 valence electrons.